The number of rotatable bonds is 7. The first kappa shape index (κ1) is 22.2. The van der Waals surface area contributed by atoms with Crippen molar-refractivity contribution in [1.82, 2.24) is 4.98 Å². The van der Waals surface area contributed by atoms with Gasteiger partial charge in [0.1, 0.15) is 17.0 Å². The first-order chi connectivity index (χ1) is 12.2. The Bertz CT molecular complexity index is 650. The van der Waals surface area contributed by atoms with Crippen LogP contribution in [0.5, 0.6) is 11.6 Å². The first-order valence-corrected chi connectivity index (χ1v) is 8.20. The van der Waals surface area contributed by atoms with Crippen molar-refractivity contribution in [1.29, 1.82) is 0 Å². The van der Waals surface area contributed by atoms with Crippen LogP contribution in [0.25, 0.3) is 0 Å². The molecule has 0 atom stereocenters. The summed E-state index contributed by atoms with van der Waals surface area (Å²) in [5.74, 6) is -2.69. The molecule has 1 heterocycles. The minimum Gasteiger partial charge on any atom is -0.482 e. The summed E-state index contributed by atoms with van der Waals surface area (Å²) in [5.41, 5.74) is -1.72. The summed E-state index contributed by atoms with van der Waals surface area (Å²) in [6.45, 7) is 9.36. The number of carboxylic acid groups (broad SMARTS) is 1. The molecule has 0 aliphatic heterocycles. The van der Waals surface area contributed by atoms with E-state index in [2.05, 4.69) is 4.98 Å². The predicted octanol–water partition coefficient (Wildman–Crippen LogP) is 2.22. The number of esters is 2. The average molecular weight is 383 g/mol. The quantitative estimate of drug-likeness (QED) is 0.706. The summed E-state index contributed by atoms with van der Waals surface area (Å²) < 4.78 is 20.6. The van der Waals surface area contributed by atoms with Crippen molar-refractivity contribution in [2.24, 2.45) is 0 Å². The van der Waals surface area contributed by atoms with Crippen LogP contribution in [0.3, 0.4) is 0 Å². The van der Waals surface area contributed by atoms with Crippen molar-refractivity contribution in [3.8, 4) is 11.6 Å². The second-order valence-electron chi connectivity index (χ2n) is 7.58. The van der Waals surface area contributed by atoms with Gasteiger partial charge in [0.25, 0.3) is 0 Å². The van der Waals surface area contributed by atoms with E-state index in [1.165, 1.54) is 6.07 Å². The van der Waals surface area contributed by atoms with Crippen molar-refractivity contribution in [2.45, 2.75) is 52.7 Å². The fourth-order valence-electron chi connectivity index (χ4n) is 1.77. The molecule has 9 heteroatoms. The zero-order valence-corrected chi connectivity index (χ0v) is 16.3. The van der Waals surface area contributed by atoms with Crippen LogP contribution >= 0.6 is 0 Å². The maximum absolute atomic E-state index is 11.7. The Balaban J connectivity index is 2.80. The normalized spacial score (nSPS) is 11.5. The molecular formula is C18H25NO8. The third kappa shape index (κ3) is 9.43. The number of hydrogen-bond donors (Lipinski definition) is 1. The maximum atomic E-state index is 11.7. The molecule has 0 bridgehead atoms. The molecular weight excluding hydrogens is 358 g/mol. The lowest BCUT2D eigenvalue weighted by atomic mass is 10.2. The predicted molar refractivity (Wildman–Crippen MR) is 93.9 cm³/mol. The van der Waals surface area contributed by atoms with Gasteiger partial charge in [-0.15, -0.1) is 0 Å². The zero-order chi connectivity index (χ0) is 20.8. The first-order valence-electron chi connectivity index (χ1n) is 8.20. The SMILES string of the molecule is CC(C)(C)OC(=O)COc1cc(OCC(=O)OC(C)(C)C)nc(C(=O)O)c1. The Hall–Kier alpha value is -2.84. The van der Waals surface area contributed by atoms with E-state index in [4.69, 9.17) is 24.1 Å². The molecule has 0 fully saturated rings. The molecule has 0 spiro atoms. The number of nitrogens with zero attached hydrogens (tertiary/aromatic N) is 1. The fraction of sp³-hybridized carbons (Fsp3) is 0.556. The Morgan fingerprint density at radius 1 is 0.889 bits per heavy atom. The average Bonchev–Trinajstić information content (AvgIpc) is 2.47. The van der Waals surface area contributed by atoms with Gasteiger partial charge in [0.15, 0.2) is 18.9 Å². The van der Waals surface area contributed by atoms with Gasteiger partial charge in [-0.05, 0) is 41.5 Å². The molecule has 1 aromatic rings. The van der Waals surface area contributed by atoms with Crippen molar-refractivity contribution in [3.05, 3.63) is 17.8 Å². The minimum absolute atomic E-state index is 0.0347. The lowest BCUT2D eigenvalue weighted by Gasteiger charge is -2.20. The van der Waals surface area contributed by atoms with Gasteiger partial charge >= 0.3 is 17.9 Å². The highest BCUT2D eigenvalue weighted by Gasteiger charge is 2.19. The van der Waals surface area contributed by atoms with E-state index in [0.29, 0.717) is 0 Å². The van der Waals surface area contributed by atoms with E-state index in [1.54, 1.807) is 41.5 Å². The Kier molecular flexibility index (Phi) is 7.15. The highest BCUT2D eigenvalue weighted by molar-refractivity contribution is 5.86. The topological polar surface area (TPSA) is 121 Å². The summed E-state index contributed by atoms with van der Waals surface area (Å²) in [5, 5.41) is 9.14. The maximum Gasteiger partial charge on any atom is 0.354 e. The van der Waals surface area contributed by atoms with Crippen LogP contribution in [-0.2, 0) is 19.1 Å². The third-order valence-corrected chi connectivity index (χ3v) is 2.53. The van der Waals surface area contributed by atoms with Crippen LogP contribution in [0.2, 0.25) is 0 Å². The molecule has 27 heavy (non-hydrogen) atoms. The standard InChI is InChI=1S/C18H25NO8/c1-17(2,3)26-14(20)9-24-11-7-12(16(22)23)19-13(8-11)25-10-15(21)27-18(4,5)6/h7-8H,9-10H2,1-6H3,(H,22,23). The molecule has 0 saturated carbocycles. The number of ether oxygens (including phenoxy) is 4. The number of carbonyl (C=O) groups excluding carboxylic acids is 2. The molecule has 0 unspecified atom stereocenters. The molecule has 0 aliphatic rings. The number of pyridine rings is 1. The smallest absolute Gasteiger partial charge is 0.354 e. The Morgan fingerprint density at radius 3 is 1.81 bits per heavy atom. The van der Waals surface area contributed by atoms with Crippen LogP contribution in [0.4, 0.5) is 0 Å². The molecule has 0 saturated heterocycles. The molecule has 0 amide bonds. The monoisotopic (exact) mass is 383 g/mol. The van der Waals surface area contributed by atoms with Gasteiger partial charge in [0, 0.05) is 12.1 Å². The number of aromatic nitrogens is 1. The largest absolute Gasteiger partial charge is 0.482 e. The van der Waals surface area contributed by atoms with Crippen molar-refractivity contribution >= 4 is 17.9 Å². The molecule has 1 aromatic heterocycles. The van der Waals surface area contributed by atoms with Gasteiger partial charge in [0.05, 0.1) is 0 Å². The lowest BCUT2D eigenvalue weighted by Crippen LogP contribution is -2.28. The highest BCUT2D eigenvalue weighted by atomic mass is 16.6. The summed E-state index contributed by atoms with van der Waals surface area (Å²) in [6, 6.07) is 2.40. The molecule has 0 radical (unpaired) electrons. The molecule has 1 N–H and O–H groups in total. The van der Waals surface area contributed by atoms with Crippen LogP contribution in [0, 0.1) is 0 Å². The summed E-state index contributed by atoms with van der Waals surface area (Å²) >= 11 is 0. The zero-order valence-electron chi connectivity index (χ0n) is 16.3. The van der Waals surface area contributed by atoms with Gasteiger partial charge in [0.2, 0.25) is 5.88 Å². The molecule has 0 aromatic carbocycles. The molecule has 9 nitrogen and oxygen atoms in total. The summed E-state index contributed by atoms with van der Waals surface area (Å²) in [6.07, 6.45) is 0. The van der Waals surface area contributed by atoms with E-state index in [9.17, 15) is 14.4 Å². The summed E-state index contributed by atoms with van der Waals surface area (Å²) in [7, 11) is 0. The second-order valence-corrected chi connectivity index (χ2v) is 7.58. The van der Waals surface area contributed by atoms with Gasteiger partial charge < -0.3 is 24.1 Å². The Morgan fingerprint density at radius 2 is 1.37 bits per heavy atom. The van der Waals surface area contributed by atoms with Gasteiger partial charge in [-0.2, -0.15) is 0 Å². The van der Waals surface area contributed by atoms with E-state index in [-0.39, 0.29) is 17.3 Å². The van der Waals surface area contributed by atoms with E-state index >= 15 is 0 Å². The number of carbonyl (C=O) groups is 3. The second kappa shape index (κ2) is 8.70. The van der Waals surface area contributed by atoms with Gasteiger partial charge in [-0.1, -0.05) is 0 Å². The number of aromatic carboxylic acids is 1. The van der Waals surface area contributed by atoms with Crippen molar-refractivity contribution < 1.29 is 38.4 Å². The van der Waals surface area contributed by atoms with Crippen molar-refractivity contribution in [2.75, 3.05) is 13.2 Å². The van der Waals surface area contributed by atoms with Gasteiger partial charge in [-0.3, -0.25) is 0 Å². The number of hydrogen-bond acceptors (Lipinski definition) is 8. The summed E-state index contributed by atoms with van der Waals surface area (Å²) in [4.78, 5) is 38.4. The minimum atomic E-state index is -1.32. The van der Waals surface area contributed by atoms with E-state index in [0.717, 1.165) is 6.07 Å². The third-order valence-electron chi connectivity index (χ3n) is 2.53. The fourth-order valence-corrected chi connectivity index (χ4v) is 1.77. The van der Waals surface area contributed by atoms with E-state index < -0.39 is 42.3 Å². The van der Waals surface area contributed by atoms with Crippen LogP contribution < -0.4 is 9.47 Å². The van der Waals surface area contributed by atoms with Crippen LogP contribution in [0.15, 0.2) is 12.1 Å². The van der Waals surface area contributed by atoms with Gasteiger partial charge in [-0.25, -0.2) is 19.4 Å². The van der Waals surface area contributed by atoms with Crippen LogP contribution in [0.1, 0.15) is 52.0 Å². The molecule has 150 valence electrons. The van der Waals surface area contributed by atoms with E-state index in [1.807, 2.05) is 0 Å². The highest BCUT2D eigenvalue weighted by Crippen LogP contribution is 2.20. The van der Waals surface area contributed by atoms with Crippen LogP contribution in [-0.4, -0.2) is 52.4 Å². The van der Waals surface area contributed by atoms with Crippen molar-refractivity contribution in [3.63, 3.8) is 0 Å². The molecule has 1 rings (SSSR count). The number of carboxylic acids is 1. The molecule has 0 aliphatic carbocycles. The lowest BCUT2D eigenvalue weighted by molar-refractivity contribution is -0.158. The Labute approximate surface area is 157 Å².